The highest BCUT2D eigenvalue weighted by Crippen LogP contribution is 2.30. The summed E-state index contributed by atoms with van der Waals surface area (Å²) >= 11 is 1.48. The van der Waals surface area contributed by atoms with Crippen molar-refractivity contribution in [3.05, 3.63) is 87.4 Å². The Hall–Kier alpha value is -3.09. The van der Waals surface area contributed by atoms with Crippen molar-refractivity contribution in [3.63, 3.8) is 0 Å². The number of amides is 1. The molecule has 0 bridgehead atoms. The molecule has 0 aliphatic heterocycles. The van der Waals surface area contributed by atoms with Crippen LogP contribution in [-0.4, -0.2) is 47.9 Å². The first kappa shape index (κ1) is 23.1. The Morgan fingerprint density at radius 2 is 1.79 bits per heavy atom. The van der Waals surface area contributed by atoms with Gasteiger partial charge in [0.25, 0.3) is 5.91 Å². The standard InChI is InChI=1S/C27H28FN3OS/c1-18-7-5-6-8-23(18)25-21(15-20-9-10-22(28)16-24(20)29-25)17-31(13-12-30(3)4)27(32)26-19(2)11-14-33-26/h5-11,14-16H,12-13,17H2,1-4H3. The fraction of sp³-hybridized carbons (Fsp3) is 0.259. The van der Waals surface area contributed by atoms with Crippen LogP contribution in [0.15, 0.2) is 60.0 Å². The Labute approximate surface area is 198 Å². The summed E-state index contributed by atoms with van der Waals surface area (Å²) < 4.78 is 13.9. The van der Waals surface area contributed by atoms with Crippen LogP contribution in [0.3, 0.4) is 0 Å². The van der Waals surface area contributed by atoms with Crippen molar-refractivity contribution in [2.45, 2.75) is 20.4 Å². The minimum atomic E-state index is -0.311. The van der Waals surface area contributed by atoms with Gasteiger partial charge in [-0.3, -0.25) is 4.79 Å². The minimum Gasteiger partial charge on any atom is -0.332 e. The third kappa shape index (κ3) is 5.13. The number of thiophene rings is 1. The molecule has 0 radical (unpaired) electrons. The number of likely N-dealkylation sites (N-methyl/N-ethyl adjacent to an activating group) is 1. The molecule has 1 amide bonds. The fourth-order valence-corrected chi connectivity index (χ4v) is 4.78. The first-order chi connectivity index (χ1) is 15.8. The van der Waals surface area contributed by atoms with Crippen LogP contribution >= 0.6 is 11.3 Å². The Morgan fingerprint density at radius 1 is 1.00 bits per heavy atom. The lowest BCUT2D eigenvalue weighted by Crippen LogP contribution is -2.36. The van der Waals surface area contributed by atoms with Gasteiger partial charge in [-0.05, 0) is 74.3 Å². The van der Waals surface area contributed by atoms with Crippen molar-refractivity contribution < 1.29 is 9.18 Å². The predicted octanol–water partition coefficient (Wildman–Crippen LogP) is 5.92. The second-order valence-corrected chi connectivity index (χ2v) is 9.53. The molecule has 6 heteroatoms. The molecule has 33 heavy (non-hydrogen) atoms. The molecule has 0 saturated heterocycles. The van der Waals surface area contributed by atoms with Gasteiger partial charge in [0.1, 0.15) is 5.82 Å². The van der Waals surface area contributed by atoms with E-state index in [1.54, 1.807) is 6.07 Å². The van der Waals surface area contributed by atoms with E-state index in [2.05, 4.69) is 4.90 Å². The van der Waals surface area contributed by atoms with Crippen molar-refractivity contribution in [2.24, 2.45) is 0 Å². The smallest absolute Gasteiger partial charge is 0.264 e. The number of halogens is 1. The molecule has 4 nitrogen and oxygen atoms in total. The Kier molecular flexibility index (Phi) is 6.86. The summed E-state index contributed by atoms with van der Waals surface area (Å²) in [7, 11) is 4.01. The molecule has 0 atom stereocenters. The van der Waals surface area contributed by atoms with Gasteiger partial charge < -0.3 is 9.80 Å². The maximum absolute atomic E-state index is 13.9. The van der Waals surface area contributed by atoms with Crippen molar-refractivity contribution in [1.29, 1.82) is 0 Å². The van der Waals surface area contributed by atoms with Crippen LogP contribution in [0.4, 0.5) is 4.39 Å². The van der Waals surface area contributed by atoms with E-state index in [4.69, 9.17) is 4.98 Å². The molecular weight excluding hydrogens is 433 g/mol. The molecular formula is C27H28FN3OS. The lowest BCUT2D eigenvalue weighted by atomic mass is 9.99. The van der Waals surface area contributed by atoms with Gasteiger partial charge >= 0.3 is 0 Å². The zero-order chi connectivity index (χ0) is 23.5. The van der Waals surface area contributed by atoms with Crippen molar-refractivity contribution in [2.75, 3.05) is 27.2 Å². The van der Waals surface area contributed by atoms with Crippen LogP contribution < -0.4 is 0 Å². The normalized spacial score (nSPS) is 11.3. The van der Waals surface area contributed by atoms with E-state index >= 15 is 0 Å². The van der Waals surface area contributed by atoms with E-state index < -0.39 is 0 Å². The lowest BCUT2D eigenvalue weighted by molar-refractivity contribution is 0.0736. The summed E-state index contributed by atoms with van der Waals surface area (Å²) in [4.78, 5) is 23.1. The van der Waals surface area contributed by atoms with Gasteiger partial charge in [0.05, 0.1) is 16.1 Å². The van der Waals surface area contributed by atoms with Crippen LogP contribution in [0.2, 0.25) is 0 Å². The average Bonchev–Trinajstić information content (AvgIpc) is 3.22. The monoisotopic (exact) mass is 461 g/mol. The van der Waals surface area contributed by atoms with Gasteiger partial charge in [0.15, 0.2) is 0 Å². The molecule has 0 unspecified atom stereocenters. The molecule has 0 saturated carbocycles. The highest BCUT2D eigenvalue weighted by atomic mass is 32.1. The summed E-state index contributed by atoms with van der Waals surface area (Å²) in [5, 5.41) is 2.81. The molecule has 2 aromatic heterocycles. The highest BCUT2D eigenvalue weighted by molar-refractivity contribution is 7.12. The molecule has 4 aromatic rings. The van der Waals surface area contributed by atoms with E-state index in [0.29, 0.717) is 18.6 Å². The third-order valence-corrected chi connectivity index (χ3v) is 6.79. The quantitative estimate of drug-likeness (QED) is 0.343. The highest BCUT2D eigenvalue weighted by Gasteiger charge is 2.22. The number of nitrogens with zero attached hydrogens (tertiary/aromatic N) is 3. The number of pyridine rings is 1. The first-order valence-corrected chi connectivity index (χ1v) is 11.8. The van der Waals surface area contributed by atoms with E-state index in [1.165, 1.54) is 23.5 Å². The van der Waals surface area contributed by atoms with Gasteiger partial charge in [-0.15, -0.1) is 11.3 Å². The zero-order valence-corrected chi connectivity index (χ0v) is 20.2. The first-order valence-electron chi connectivity index (χ1n) is 11.0. The van der Waals surface area contributed by atoms with Crippen LogP contribution in [0.1, 0.15) is 26.4 Å². The summed E-state index contributed by atoms with van der Waals surface area (Å²) in [6, 6.07) is 16.7. The van der Waals surface area contributed by atoms with Crippen LogP contribution in [0, 0.1) is 19.7 Å². The van der Waals surface area contributed by atoms with Gasteiger partial charge in [0, 0.05) is 36.7 Å². The molecule has 0 N–H and O–H groups in total. The summed E-state index contributed by atoms with van der Waals surface area (Å²) in [5.41, 5.74) is 5.41. The van der Waals surface area contributed by atoms with Gasteiger partial charge in [-0.25, -0.2) is 9.37 Å². The minimum absolute atomic E-state index is 0.0271. The van der Waals surface area contributed by atoms with Gasteiger partial charge in [-0.1, -0.05) is 24.3 Å². The van der Waals surface area contributed by atoms with Gasteiger partial charge in [0.2, 0.25) is 0 Å². The molecule has 170 valence electrons. The largest absolute Gasteiger partial charge is 0.332 e. The number of hydrogen-bond acceptors (Lipinski definition) is 4. The maximum atomic E-state index is 13.9. The lowest BCUT2D eigenvalue weighted by Gasteiger charge is -2.26. The number of benzene rings is 2. The second kappa shape index (κ2) is 9.81. The molecule has 2 heterocycles. The van der Waals surface area contributed by atoms with E-state index in [1.807, 2.05) is 74.6 Å². The average molecular weight is 462 g/mol. The molecule has 2 aromatic carbocycles. The van der Waals surface area contributed by atoms with E-state index in [9.17, 15) is 9.18 Å². The number of hydrogen-bond donors (Lipinski definition) is 0. The Balaban J connectivity index is 1.82. The van der Waals surface area contributed by atoms with E-state index in [-0.39, 0.29) is 11.7 Å². The topological polar surface area (TPSA) is 36.4 Å². The number of aromatic nitrogens is 1. The Bertz CT molecular complexity index is 1300. The summed E-state index contributed by atoms with van der Waals surface area (Å²) in [6.45, 7) is 5.78. The molecule has 0 aliphatic rings. The summed E-state index contributed by atoms with van der Waals surface area (Å²) in [6.07, 6.45) is 0. The number of carbonyl (C=O) groups excluding carboxylic acids is 1. The molecule has 4 rings (SSSR count). The number of rotatable bonds is 7. The third-order valence-electron chi connectivity index (χ3n) is 5.78. The second-order valence-electron chi connectivity index (χ2n) is 8.61. The van der Waals surface area contributed by atoms with Crippen molar-refractivity contribution in [3.8, 4) is 11.3 Å². The maximum Gasteiger partial charge on any atom is 0.264 e. The van der Waals surface area contributed by atoms with Crippen molar-refractivity contribution in [1.82, 2.24) is 14.8 Å². The van der Waals surface area contributed by atoms with E-state index in [0.717, 1.165) is 44.8 Å². The van der Waals surface area contributed by atoms with Crippen molar-refractivity contribution >= 4 is 28.1 Å². The zero-order valence-electron chi connectivity index (χ0n) is 19.4. The SMILES string of the molecule is Cc1ccccc1-c1nc2cc(F)ccc2cc1CN(CCN(C)C)C(=O)c1sccc1C. The number of aryl methyl sites for hydroxylation is 2. The molecule has 0 fully saturated rings. The molecule has 0 spiro atoms. The Morgan fingerprint density at radius 3 is 2.48 bits per heavy atom. The van der Waals surface area contributed by atoms with Crippen LogP contribution in [0.25, 0.3) is 22.2 Å². The summed E-state index contributed by atoms with van der Waals surface area (Å²) in [5.74, 6) is -0.284. The predicted molar refractivity (Wildman–Crippen MR) is 134 cm³/mol. The van der Waals surface area contributed by atoms with Gasteiger partial charge in [-0.2, -0.15) is 0 Å². The van der Waals surface area contributed by atoms with Crippen LogP contribution in [-0.2, 0) is 6.54 Å². The van der Waals surface area contributed by atoms with Crippen LogP contribution in [0.5, 0.6) is 0 Å². The fourth-order valence-electron chi connectivity index (χ4n) is 3.89. The molecule has 0 aliphatic carbocycles. The number of carbonyl (C=O) groups is 1. The number of fused-ring (bicyclic) bond motifs is 1.